The van der Waals surface area contributed by atoms with E-state index in [2.05, 4.69) is 21.5 Å². The molecule has 2 heterocycles. The normalized spacial score (nSPS) is 9.60. The molecule has 0 atom stereocenters. The van der Waals surface area contributed by atoms with Gasteiger partial charge in [-0.05, 0) is 12.1 Å². The van der Waals surface area contributed by atoms with Gasteiger partial charge in [0.05, 0.1) is 23.5 Å². The molecule has 5 heteroatoms. The molecule has 0 amide bonds. The van der Waals surface area contributed by atoms with Crippen LogP contribution < -0.4 is 5.32 Å². The Morgan fingerprint density at radius 1 is 1.53 bits per heavy atom. The summed E-state index contributed by atoms with van der Waals surface area (Å²) in [7, 11) is 1.84. The molecule has 0 saturated heterocycles. The van der Waals surface area contributed by atoms with Crippen molar-refractivity contribution >= 4 is 11.5 Å². The molecule has 0 unspecified atom stereocenters. The second-order valence-electron chi connectivity index (χ2n) is 3.07. The van der Waals surface area contributed by atoms with Gasteiger partial charge in [0, 0.05) is 19.4 Å². The molecule has 2 aromatic rings. The Hall–Kier alpha value is -2.35. The summed E-state index contributed by atoms with van der Waals surface area (Å²) in [5.74, 6) is 0.641. The van der Waals surface area contributed by atoms with E-state index in [-0.39, 0.29) is 0 Å². The molecule has 0 aromatic carbocycles. The summed E-state index contributed by atoms with van der Waals surface area (Å²) in [5.41, 5.74) is 1.43. The maximum absolute atomic E-state index is 8.71. The summed E-state index contributed by atoms with van der Waals surface area (Å²) in [6.07, 6.45) is 5.12. The van der Waals surface area contributed by atoms with Crippen molar-refractivity contribution in [2.75, 3.05) is 5.32 Å². The predicted molar refractivity (Wildman–Crippen MR) is 55.4 cm³/mol. The molecular weight excluding hydrogens is 190 g/mol. The second kappa shape index (κ2) is 3.80. The lowest BCUT2D eigenvalue weighted by molar-refractivity contribution is 0.768. The van der Waals surface area contributed by atoms with Crippen LogP contribution in [0.2, 0.25) is 0 Å². The van der Waals surface area contributed by atoms with Gasteiger partial charge in [-0.25, -0.2) is 4.98 Å². The highest BCUT2D eigenvalue weighted by Crippen LogP contribution is 2.13. The number of nitrogens with one attached hydrogen (secondary N) is 1. The van der Waals surface area contributed by atoms with Gasteiger partial charge < -0.3 is 5.32 Å². The maximum Gasteiger partial charge on any atom is 0.131 e. The Morgan fingerprint density at radius 3 is 3.07 bits per heavy atom. The van der Waals surface area contributed by atoms with E-state index in [9.17, 15) is 0 Å². The van der Waals surface area contributed by atoms with Crippen LogP contribution in [0.15, 0.2) is 30.7 Å². The van der Waals surface area contributed by atoms with Gasteiger partial charge in [0.1, 0.15) is 5.82 Å². The molecule has 0 aliphatic carbocycles. The van der Waals surface area contributed by atoms with E-state index in [1.165, 1.54) is 0 Å². The summed E-state index contributed by atoms with van der Waals surface area (Å²) in [6, 6.07) is 5.41. The average molecular weight is 199 g/mol. The zero-order valence-corrected chi connectivity index (χ0v) is 8.18. The van der Waals surface area contributed by atoms with Gasteiger partial charge in [-0.2, -0.15) is 10.4 Å². The number of aryl methyl sites for hydroxylation is 1. The molecule has 5 nitrogen and oxygen atoms in total. The van der Waals surface area contributed by atoms with Crippen LogP contribution in [0.3, 0.4) is 0 Å². The van der Waals surface area contributed by atoms with Gasteiger partial charge in [-0.1, -0.05) is 0 Å². The number of pyridine rings is 1. The average Bonchev–Trinajstić information content (AvgIpc) is 2.64. The predicted octanol–water partition coefficient (Wildman–Crippen LogP) is 1.43. The maximum atomic E-state index is 8.71. The van der Waals surface area contributed by atoms with Crippen molar-refractivity contribution in [1.29, 1.82) is 5.26 Å². The number of hydrogen-bond acceptors (Lipinski definition) is 4. The minimum Gasteiger partial charge on any atom is -0.338 e. The van der Waals surface area contributed by atoms with E-state index in [0.717, 1.165) is 5.69 Å². The zero-order chi connectivity index (χ0) is 10.7. The van der Waals surface area contributed by atoms with Crippen molar-refractivity contribution in [3.05, 3.63) is 36.3 Å². The minimum atomic E-state index is 0.580. The van der Waals surface area contributed by atoms with Crippen molar-refractivity contribution in [3.63, 3.8) is 0 Å². The number of hydrogen-bond donors (Lipinski definition) is 1. The number of nitriles is 1. The van der Waals surface area contributed by atoms with E-state index < -0.39 is 0 Å². The molecule has 1 N–H and O–H groups in total. The van der Waals surface area contributed by atoms with Crippen molar-refractivity contribution in [2.24, 2.45) is 7.05 Å². The Kier molecular flexibility index (Phi) is 2.33. The summed E-state index contributed by atoms with van der Waals surface area (Å²) in [4.78, 5) is 4.09. The zero-order valence-electron chi connectivity index (χ0n) is 8.18. The fourth-order valence-corrected chi connectivity index (χ4v) is 1.20. The van der Waals surface area contributed by atoms with Gasteiger partial charge in [0.2, 0.25) is 0 Å². The fraction of sp³-hybridized carbons (Fsp3) is 0.100. The van der Waals surface area contributed by atoms with Crippen LogP contribution in [0.5, 0.6) is 0 Å². The molecule has 0 spiro atoms. The molecule has 0 aliphatic heterocycles. The van der Waals surface area contributed by atoms with Crippen LogP contribution in [-0.4, -0.2) is 14.8 Å². The largest absolute Gasteiger partial charge is 0.338 e. The van der Waals surface area contributed by atoms with Crippen molar-refractivity contribution in [1.82, 2.24) is 14.8 Å². The van der Waals surface area contributed by atoms with Crippen LogP contribution in [0, 0.1) is 11.3 Å². The van der Waals surface area contributed by atoms with Gasteiger partial charge in [-0.3, -0.25) is 4.68 Å². The first-order valence-corrected chi connectivity index (χ1v) is 4.40. The molecule has 0 bridgehead atoms. The summed E-state index contributed by atoms with van der Waals surface area (Å²) in [6.45, 7) is 0. The van der Waals surface area contributed by atoms with Gasteiger partial charge >= 0.3 is 0 Å². The third-order valence-corrected chi connectivity index (χ3v) is 1.87. The van der Waals surface area contributed by atoms with Crippen LogP contribution in [0.1, 0.15) is 5.56 Å². The van der Waals surface area contributed by atoms with Crippen LogP contribution >= 0.6 is 0 Å². The molecule has 0 aliphatic rings. The van der Waals surface area contributed by atoms with E-state index in [1.807, 2.05) is 13.2 Å². The van der Waals surface area contributed by atoms with Gasteiger partial charge in [0.25, 0.3) is 0 Å². The molecule has 0 radical (unpaired) electrons. The van der Waals surface area contributed by atoms with E-state index in [4.69, 9.17) is 5.26 Å². The second-order valence-corrected chi connectivity index (χ2v) is 3.07. The number of anilines is 2. The number of nitrogens with zero attached hydrogens (tertiary/aromatic N) is 4. The van der Waals surface area contributed by atoms with Crippen molar-refractivity contribution in [2.45, 2.75) is 0 Å². The lowest BCUT2D eigenvalue weighted by atomic mass is 10.3. The van der Waals surface area contributed by atoms with Crippen molar-refractivity contribution < 1.29 is 0 Å². The van der Waals surface area contributed by atoms with Crippen LogP contribution in [-0.2, 0) is 7.05 Å². The third-order valence-electron chi connectivity index (χ3n) is 1.87. The standard InChI is InChI=1S/C10H9N5/c1-15-7-9(6-13-15)14-10-4-8(5-11)2-3-12-10/h2-4,6-7H,1H3,(H,12,14). The first kappa shape index (κ1) is 9.21. The van der Waals surface area contributed by atoms with Crippen LogP contribution in [0.4, 0.5) is 11.5 Å². The lowest BCUT2D eigenvalue weighted by Crippen LogP contribution is -1.92. The lowest BCUT2D eigenvalue weighted by Gasteiger charge is -2.01. The number of aromatic nitrogens is 3. The minimum absolute atomic E-state index is 0.580. The molecule has 15 heavy (non-hydrogen) atoms. The third kappa shape index (κ3) is 2.11. The number of rotatable bonds is 2. The fourth-order valence-electron chi connectivity index (χ4n) is 1.20. The van der Waals surface area contributed by atoms with E-state index in [0.29, 0.717) is 11.4 Å². The Labute approximate surface area is 87.0 Å². The highest BCUT2D eigenvalue weighted by Gasteiger charge is 1.99. The van der Waals surface area contributed by atoms with Gasteiger partial charge in [0.15, 0.2) is 0 Å². The Morgan fingerprint density at radius 2 is 2.40 bits per heavy atom. The first-order valence-electron chi connectivity index (χ1n) is 4.40. The highest BCUT2D eigenvalue weighted by molar-refractivity contribution is 5.55. The molecule has 2 rings (SSSR count). The highest BCUT2D eigenvalue weighted by atomic mass is 15.3. The monoisotopic (exact) mass is 199 g/mol. The molecule has 0 saturated carbocycles. The molecule has 2 aromatic heterocycles. The summed E-state index contributed by atoms with van der Waals surface area (Å²) >= 11 is 0. The quantitative estimate of drug-likeness (QED) is 0.794. The smallest absolute Gasteiger partial charge is 0.131 e. The molecule has 74 valence electrons. The molecular formula is C10H9N5. The van der Waals surface area contributed by atoms with E-state index in [1.54, 1.807) is 29.2 Å². The van der Waals surface area contributed by atoms with Crippen molar-refractivity contribution in [3.8, 4) is 6.07 Å². The topological polar surface area (TPSA) is 66.5 Å². The van der Waals surface area contributed by atoms with E-state index >= 15 is 0 Å². The summed E-state index contributed by atoms with van der Waals surface area (Å²) in [5, 5.41) is 15.8. The summed E-state index contributed by atoms with van der Waals surface area (Å²) < 4.78 is 1.69. The molecule has 0 fully saturated rings. The Balaban J connectivity index is 2.21. The van der Waals surface area contributed by atoms with Gasteiger partial charge in [-0.15, -0.1) is 0 Å². The Bertz CT molecular complexity index is 509. The first-order chi connectivity index (χ1) is 7.28. The SMILES string of the molecule is Cn1cc(Nc2cc(C#N)ccn2)cn1. The van der Waals surface area contributed by atoms with Crippen LogP contribution in [0.25, 0.3) is 0 Å².